The van der Waals surface area contributed by atoms with Gasteiger partial charge >= 0.3 is 0 Å². The van der Waals surface area contributed by atoms with Gasteiger partial charge in [0.1, 0.15) is 11.7 Å². The van der Waals surface area contributed by atoms with Crippen LogP contribution in [-0.2, 0) is 4.74 Å². The monoisotopic (exact) mass is 210 g/mol. The number of rotatable bonds is 5. The Morgan fingerprint density at radius 2 is 2.47 bits per heavy atom. The molecule has 0 spiro atoms. The highest BCUT2D eigenvalue weighted by Crippen LogP contribution is 2.06. The Kier molecular flexibility index (Phi) is 4.83. The van der Waals surface area contributed by atoms with Gasteiger partial charge in [-0.1, -0.05) is 0 Å². The number of nitrogens with zero attached hydrogens (tertiary/aromatic N) is 3. The van der Waals surface area contributed by atoms with Crippen LogP contribution in [0.25, 0.3) is 0 Å². The molecule has 0 aliphatic rings. The molecule has 5 nitrogen and oxygen atoms in total. The molecule has 0 aliphatic heterocycles. The lowest BCUT2D eigenvalue weighted by molar-refractivity contribution is 0.177. The van der Waals surface area contributed by atoms with E-state index in [-0.39, 0.29) is 0 Å². The third-order valence-electron chi connectivity index (χ3n) is 2.17. The van der Waals surface area contributed by atoms with Gasteiger partial charge < -0.3 is 9.64 Å². The number of hydrogen-bond donors (Lipinski definition) is 1. The van der Waals surface area contributed by atoms with E-state index < -0.39 is 0 Å². The maximum atomic E-state index is 5.04. The molecule has 0 saturated carbocycles. The average molecular weight is 210 g/mol. The molecule has 1 aromatic rings. The second-order valence-electron chi connectivity index (χ2n) is 3.17. The Hall–Kier alpha value is -1.36. The van der Waals surface area contributed by atoms with Crippen molar-refractivity contribution in [2.24, 2.45) is 4.99 Å². The minimum atomic E-state index is 0.712. The molecule has 0 aromatic carbocycles. The van der Waals surface area contributed by atoms with Crippen LogP contribution >= 0.6 is 0 Å². The molecule has 0 saturated heterocycles. The number of aromatic amines is 1. The van der Waals surface area contributed by atoms with Gasteiger partial charge in [0.05, 0.1) is 12.8 Å². The zero-order valence-corrected chi connectivity index (χ0v) is 9.53. The normalized spacial score (nSPS) is 11.8. The molecule has 1 aromatic heterocycles. The van der Waals surface area contributed by atoms with Gasteiger partial charge in [-0.15, -0.1) is 0 Å². The molecule has 5 heteroatoms. The van der Waals surface area contributed by atoms with Crippen molar-refractivity contribution in [3.8, 4) is 0 Å². The predicted molar refractivity (Wildman–Crippen MR) is 60.5 cm³/mol. The summed E-state index contributed by atoms with van der Waals surface area (Å²) in [5, 5.41) is 6.65. The average Bonchev–Trinajstić information content (AvgIpc) is 2.71. The summed E-state index contributed by atoms with van der Waals surface area (Å²) in [5.74, 6) is 1.75. The van der Waals surface area contributed by atoms with E-state index in [1.54, 1.807) is 13.3 Å². The first-order valence-corrected chi connectivity index (χ1v) is 5.06. The van der Waals surface area contributed by atoms with Crippen LogP contribution in [0.2, 0.25) is 0 Å². The van der Waals surface area contributed by atoms with Crippen LogP contribution in [0.5, 0.6) is 0 Å². The van der Waals surface area contributed by atoms with Crippen LogP contribution in [0.3, 0.4) is 0 Å². The van der Waals surface area contributed by atoms with Crippen molar-refractivity contribution in [2.75, 3.05) is 26.8 Å². The first kappa shape index (κ1) is 11.7. The van der Waals surface area contributed by atoms with Crippen molar-refractivity contribution in [2.45, 2.75) is 13.8 Å². The number of aliphatic imine (C=N–C) groups is 1. The van der Waals surface area contributed by atoms with E-state index in [4.69, 9.17) is 4.74 Å². The molecule has 0 aliphatic carbocycles. The number of H-pyrrole nitrogens is 1. The van der Waals surface area contributed by atoms with Gasteiger partial charge in [0.15, 0.2) is 0 Å². The van der Waals surface area contributed by atoms with Crippen molar-refractivity contribution in [3.63, 3.8) is 0 Å². The smallest absolute Gasteiger partial charge is 0.149 e. The van der Waals surface area contributed by atoms with Gasteiger partial charge in [-0.2, -0.15) is 5.10 Å². The number of aromatic nitrogens is 2. The molecule has 0 unspecified atom stereocenters. The van der Waals surface area contributed by atoms with Gasteiger partial charge in [-0.3, -0.25) is 5.10 Å². The number of methoxy groups -OCH3 is 1. The molecular formula is C10H18N4O. The minimum absolute atomic E-state index is 0.712. The summed E-state index contributed by atoms with van der Waals surface area (Å²) >= 11 is 0. The lowest BCUT2D eigenvalue weighted by Crippen LogP contribution is -2.31. The third kappa shape index (κ3) is 3.71. The van der Waals surface area contributed by atoms with Crippen molar-refractivity contribution in [1.29, 1.82) is 0 Å². The zero-order chi connectivity index (χ0) is 11.1. The van der Waals surface area contributed by atoms with Crippen LogP contribution in [0, 0.1) is 0 Å². The van der Waals surface area contributed by atoms with Crippen LogP contribution in [0.4, 0.5) is 5.82 Å². The SMILES string of the molecule is CCN(CCOC)C(C)=Nc1ccn[nH]1. The van der Waals surface area contributed by atoms with Crippen molar-refractivity contribution in [3.05, 3.63) is 12.3 Å². The second-order valence-corrected chi connectivity index (χ2v) is 3.17. The molecule has 0 fully saturated rings. The number of hydrogen-bond acceptors (Lipinski definition) is 3. The Balaban J connectivity index is 2.59. The summed E-state index contributed by atoms with van der Waals surface area (Å²) in [4.78, 5) is 6.57. The molecule has 0 bridgehead atoms. The quantitative estimate of drug-likeness (QED) is 0.591. The Morgan fingerprint density at radius 1 is 1.67 bits per heavy atom. The van der Waals surface area contributed by atoms with Crippen LogP contribution < -0.4 is 0 Å². The largest absolute Gasteiger partial charge is 0.383 e. The fourth-order valence-electron chi connectivity index (χ4n) is 1.31. The first-order valence-electron chi connectivity index (χ1n) is 5.06. The van der Waals surface area contributed by atoms with E-state index in [2.05, 4.69) is 27.0 Å². The first-order chi connectivity index (χ1) is 7.27. The predicted octanol–water partition coefficient (Wildman–Crippen LogP) is 1.43. The molecule has 15 heavy (non-hydrogen) atoms. The maximum absolute atomic E-state index is 5.04. The Labute approximate surface area is 90.2 Å². The molecule has 84 valence electrons. The molecule has 1 rings (SSSR count). The van der Waals surface area contributed by atoms with E-state index >= 15 is 0 Å². The molecule has 1 heterocycles. The van der Waals surface area contributed by atoms with E-state index in [0.29, 0.717) is 6.61 Å². The van der Waals surface area contributed by atoms with E-state index in [1.165, 1.54) is 0 Å². The fraction of sp³-hybridized carbons (Fsp3) is 0.600. The van der Waals surface area contributed by atoms with E-state index in [1.807, 2.05) is 13.0 Å². The number of nitrogens with one attached hydrogen (secondary N) is 1. The summed E-state index contributed by atoms with van der Waals surface area (Å²) in [6.45, 7) is 6.58. The van der Waals surface area contributed by atoms with Gasteiger partial charge in [0.25, 0.3) is 0 Å². The van der Waals surface area contributed by atoms with Gasteiger partial charge in [0.2, 0.25) is 0 Å². The van der Waals surface area contributed by atoms with Crippen molar-refractivity contribution >= 4 is 11.7 Å². The Morgan fingerprint density at radius 3 is 3.00 bits per heavy atom. The molecule has 0 amide bonds. The standard InChI is InChI=1S/C10H18N4O/c1-4-14(7-8-15-3)9(2)12-10-5-6-11-13-10/h5-6H,4,7-8H2,1-3H3,(H,11,13). The summed E-state index contributed by atoms with van der Waals surface area (Å²) in [5.41, 5.74) is 0. The molecule has 0 radical (unpaired) electrons. The third-order valence-corrected chi connectivity index (χ3v) is 2.17. The van der Waals surface area contributed by atoms with Crippen molar-refractivity contribution in [1.82, 2.24) is 15.1 Å². The summed E-state index contributed by atoms with van der Waals surface area (Å²) in [6.07, 6.45) is 1.69. The maximum Gasteiger partial charge on any atom is 0.149 e. The summed E-state index contributed by atoms with van der Waals surface area (Å²) in [6, 6.07) is 1.84. The summed E-state index contributed by atoms with van der Waals surface area (Å²) in [7, 11) is 1.70. The van der Waals surface area contributed by atoms with E-state index in [9.17, 15) is 0 Å². The van der Waals surface area contributed by atoms with Gasteiger partial charge in [-0.05, 0) is 13.8 Å². The topological polar surface area (TPSA) is 53.5 Å². The lowest BCUT2D eigenvalue weighted by atomic mass is 10.4. The van der Waals surface area contributed by atoms with Crippen LogP contribution in [0.1, 0.15) is 13.8 Å². The highest BCUT2D eigenvalue weighted by molar-refractivity contribution is 5.81. The number of likely N-dealkylation sites (N-methyl/N-ethyl adjacent to an activating group) is 1. The summed E-state index contributed by atoms with van der Waals surface area (Å²) < 4.78 is 5.04. The van der Waals surface area contributed by atoms with Crippen LogP contribution in [-0.4, -0.2) is 47.7 Å². The van der Waals surface area contributed by atoms with Gasteiger partial charge in [0, 0.05) is 26.3 Å². The van der Waals surface area contributed by atoms with Crippen molar-refractivity contribution < 1.29 is 4.74 Å². The number of ether oxygens (including phenoxy) is 1. The zero-order valence-electron chi connectivity index (χ0n) is 9.53. The molecule has 0 atom stereocenters. The minimum Gasteiger partial charge on any atom is -0.383 e. The number of amidine groups is 1. The second kappa shape index (κ2) is 6.19. The Bertz CT molecular complexity index is 294. The van der Waals surface area contributed by atoms with Gasteiger partial charge in [-0.25, -0.2) is 4.99 Å². The fourth-order valence-corrected chi connectivity index (χ4v) is 1.31. The molecular weight excluding hydrogens is 192 g/mol. The molecule has 1 N–H and O–H groups in total. The highest BCUT2D eigenvalue weighted by atomic mass is 16.5. The van der Waals surface area contributed by atoms with Crippen LogP contribution in [0.15, 0.2) is 17.3 Å². The highest BCUT2D eigenvalue weighted by Gasteiger charge is 2.04. The lowest BCUT2D eigenvalue weighted by Gasteiger charge is -2.21. The van der Waals surface area contributed by atoms with E-state index in [0.717, 1.165) is 24.7 Å².